The molecule has 4 fully saturated rings. The Morgan fingerprint density at radius 3 is 1.88 bits per heavy atom. The van der Waals surface area contributed by atoms with E-state index in [9.17, 15) is 9.90 Å². The summed E-state index contributed by atoms with van der Waals surface area (Å²) in [6.07, 6.45) is -2.10. The summed E-state index contributed by atoms with van der Waals surface area (Å²) in [6.45, 7) is 11.2. The third kappa shape index (κ3) is 5.12. The van der Waals surface area contributed by atoms with E-state index in [4.69, 9.17) is 37.9 Å². The molecule has 0 aliphatic carbocycles. The lowest BCUT2D eigenvalue weighted by atomic mass is 9.97. The summed E-state index contributed by atoms with van der Waals surface area (Å²) in [6, 6.07) is 0. The van der Waals surface area contributed by atoms with Crippen LogP contribution in [0.2, 0.25) is 0 Å². The van der Waals surface area contributed by atoms with Crippen LogP contribution in [0.4, 0.5) is 0 Å². The van der Waals surface area contributed by atoms with Crippen LogP contribution in [-0.2, 0) is 42.7 Å². The maximum Gasteiger partial charge on any atom is 0.338 e. The van der Waals surface area contributed by atoms with Gasteiger partial charge in [-0.1, -0.05) is 13.8 Å². The summed E-state index contributed by atoms with van der Waals surface area (Å²) in [4.78, 5) is 11.7. The second-order valence-electron chi connectivity index (χ2n) is 9.34. The Bertz CT molecular complexity index is 653. The molecule has 0 saturated carbocycles. The number of hydrogen-bond acceptors (Lipinski definition) is 10. The Balaban J connectivity index is 0.000000181. The van der Waals surface area contributed by atoms with Crippen LogP contribution in [0.25, 0.3) is 0 Å². The second-order valence-corrected chi connectivity index (χ2v) is 9.34. The molecule has 0 amide bonds. The van der Waals surface area contributed by atoms with Gasteiger partial charge in [0.15, 0.2) is 24.0 Å². The zero-order valence-corrected chi connectivity index (χ0v) is 20.2. The van der Waals surface area contributed by atoms with E-state index in [2.05, 4.69) is 0 Å². The van der Waals surface area contributed by atoms with E-state index in [1.807, 2.05) is 27.7 Å². The van der Waals surface area contributed by atoms with Crippen LogP contribution in [-0.4, -0.2) is 92.0 Å². The highest BCUT2D eigenvalue weighted by atomic mass is 16.8. The highest BCUT2D eigenvalue weighted by Gasteiger charge is 2.56. The molecule has 1 N–H and O–H groups in total. The van der Waals surface area contributed by atoms with Gasteiger partial charge in [0.2, 0.25) is 0 Å². The molecule has 4 saturated heterocycles. The Morgan fingerprint density at radius 1 is 0.812 bits per heavy atom. The van der Waals surface area contributed by atoms with Crippen molar-refractivity contribution < 1.29 is 47.8 Å². The average Bonchev–Trinajstić information content (AvgIpc) is 3.23. The number of hydrogen-bond donors (Lipinski definition) is 1. The Labute approximate surface area is 189 Å². The first-order chi connectivity index (χ1) is 15.0. The van der Waals surface area contributed by atoms with Gasteiger partial charge in [0.1, 0.15) is 36.6 Å². The minimum atomic E-state index is -0.942. The highest BCUT2D eigenvalue weighted by molar-refractivity contribution is 5.77. The Morgan fingerprint density at radius 2 is 1.31 bits per heavy atom. The van der Waals surface area contributed by atoms with Crippen molar-refractivity contribution in [3.05, 3.63) is 0 Å². The number of aliphatic hydroxyl groups excluding tert-OH is 1. The van der Waals surface area contributed by atoms with E-state index < -0.39 is 30.1 Å². The summed E-state index contributed by atoms with van der Waals surface area (Å²) in [5.74, 6) is -1.80. The third-order valence-corrected chi connectivity index (χ3v) is 6.12. The van der Waals surface area contributed by atoms with Crippen molar-refractivity contribution in [3.63, 3.8) is 0 Å². The fourth-order valence-electron chi connectivity index (χ4n) is 4.76. The summed E-state index contributed by atoms with van der Waals surface area (Å²) < 4.78 is 44.1. The number of rotatable bonds is 4. The monoisotopic (exact) mass is 462 g/mol. The van der Waals surface area contributed by atoms with Crippen LogP contribution >= 0.6 is 0 Å². The fourth-order valence-corrected chi connectivity index (χ4v) is 4.76. The van der Waals surface area contributed by atoms with Gasteiger partial charge >= 0.3 is 5.97 Å². The number of aliphatic hydroxyl groups is 1. The molecule has 4 heterocycles. The summed E-state index contributed by atoms with van der Waals surface area (Å²) >= 11 is 0. The molecule has 0 spiro atoms. The lowest BCUT2D eigenvalue weighted by Crippen LogP contribution is -2.56. The molecule has 9 atom stereocenters. The molecule has 4 aliphatic rings. The Hall–Kier alpha value is -0.850. The van der Waals surface area contributed by atoms with E-state index in [-0.39, 0.29) is 42.6 Å². The van der Waals surface area contributed by atoms with Gasteiger partial charge in [-0.2, -0.15) is 0 Å². The zero-order chi connectivity index (χ0) is 23.8. The molecule has 0 radical (unpaired) electrons. The van der Waals surface area contributed by atoms with Gasteiger partial charge in [-0.25, -0.2) is 4.79 Å². The van der Waals surface area contributed by atoms with Gasteiger partial charge < -0.3 is 43.0 Å². The highest BCUT2D eigenvalue weighted by Crippen LogP contribution is 2.38. The molecule has 10 nitrogen and oxygen atoms in total. The van der Waals surface area contributed by atoms with Gasteiger partial charge in [-0.05, 0) is 40.5 Å². The molecule has 4 rings (SSSR count). The van der Waals surface area contributed by atoms with Gasteiger partial charge in [-0.3, -0.25) is 0 Å². The molecule has 32 heavy (non-hydrogen) atoms. The number of esters is 1. The molecule has 0 aromatic rings. The van der Waals surface area contributed by atoms with Crippen LogP contribution in [0.3, 0.4) is 0 Å². The third-order valence-electron chi connectivity index (χ3n) is 6.12. The van der Waals surface area contributed by atoms with Crippen LogP contribution in [0, 0.1) is 0 Å². The van der Waals surface area contributed by atoms with Gasteiger partial charge in [0.05, 0.1) is 6.10 Å². The molecular formula is C22H38O10. The van der Waals surface area contributed by atoms with Crippen molar-refractivity contribution >= 4 is 5.97 Å². The van der Waals surface area contributed by atoms with E-state index >= 15 is 0 Å². The molecular weight excluding hydrogens is 424 g/mol. The lowest BCUT2D eigenvalue weighted by molar-refractivity contribution is -0.261. The smallest absolute Gasteiger partial charge is 0.338 e. The van der Waals surface area contributed by atoms with E-state index in [0.717, 1.165) is 6.42 Å². The van der Waals surface area contributed by atoms with Crippen molar-refractivity contribution in [3.8, 4) is 0 Å². The summed E-state index contributed by atoms with van der Waals surface area (Å²) in [5.41, 5.74) is 0. The zero-order valence-electron chi connectivity index (χ0n) is 20.2. The normalized spacial score (nSPS) is 44.2. The average molecular weight is 463 g/mol. The van der Waals surface area contributed by atoms with E-state index in [1.54, 1.807) is 28.1 Å². The molecule has 186 valence electrons. The lowest BCUT2D eigenvalue weighted by Gasteiger charge is -2.39. The molecule has 1 unspecified atom stereocenters. The van der Waals surface area contributed by atoms with Crippen molar-refractivity contribution in [1.82, 2.24) is 0 Å². The molecule has 0 aromatic heterocycles. The Kier molecular flexibility index (Phi) is 7.88. The number of carbonyl (C=O) groups is 1. The van der Waals surface area contributed by atoms with Crippen LogP contribution in [0.15, 0.2) is 0 Å². The van der Waals surface area contributed by atoms with Crippen molar-refractivity contribution in [1.29, 1.82) is 0 Å². The van der Waals surface area contributed by atoms with E-state index in [0.29, 0.717) is 6.42 Å². The minimum Gasteiger partial charge on any atom is -0.458 e. The standard InChI is InChI=1S/C11H20O5.C11H18O5/c2*1-5-6-7(13-4)8-9(10(12)14-6)16-11(2,3)15-8/h6-10,12H,5H2,1-4H3;6-9H,5H2,1-4H3/t6-,7-,8+,9+,10?;6-,7-,8+,9+/m00/s1. The molecule has 10 heteroatoms. The fraction of sp³-hybridized carbons (Fsp3) is 0.955. The molecule has 4 aliphatic heterocycles. The SMILES string of the molecule is CC[C@@H]1OC(=O)[C@@H]2OC(C)(C)O[C@@H]2[C@H]1OC.CC[C@@H]1OC(O)[C@@H]2OC(C)(C)O[C@@H]2[C@H]1OC. The van der Waals surface area contributed by atoms with Crippen LogP contribution in [0.1, 0.15) is 54.4 Å². The van der Waals surface area contributed by atoms with Gasteiger partial charge in [0, 0.05) is 14.2 Å². The predicted octanol–water partition coefficient (Wildman–Crippen LogP) is 1.51. The largest absolute Gasteiger partial charge is 0.458 e. The molecule has 0 aromatic carbocycles. The number of ether oxygens (including phenoxy) is 8. The first kappa shape index (κ1) is 25.8. The first-order valence-corrected chi connectivity index (χ1v) is 11.3. The van der Waals surface area contributed by atoms with Crippen molar-refractivity contribution in [2.45, 2.75) is 121 Å². The number of fused-ring (bicyclic) bond motifs is 2. The van der Waals surface area contributed by atoms with Crippen LogP contribution in [0.5, 0.6) is 0 Å². The number of carbonyl (C=O) groups excluding carboxylic acids is 1. The number of methoxy groups -OCH3 is 2. The quantitative estimate of drug-likeness (QED) is 0.617. The van der Waals surface area contributed by atoms with Crippen molar-refractivity contribution in [2.75, 3.05) is 14.2 Å². The van der Waals surface area contributed by atoms with Crippen molar-refractivity contribution in [2.24, 2.45) is 0 Å². The minimum absolute atomic E-state index is 0.154. The predicted molar refractivity (Wildman–Crippen MR) is 111 cm³/mol. The van der Waals surface area contributed by atoms with Gasteiger partial charge in [-0.15, -0.1) is 0 Å². The summed E-state index contributed by atoms with van der Waals surface area (Å²) in [5, 5.41) is 9.84. The maximum atomic E-state index is 11.7. The molecule has 0 bridgehead atoms. The maximum absolute atomic E-state index is 11.7. The first-order valence-electron chi connectivity index (χ1n) is 11.3. The number of cyclic esters (lactones) is 1. The second kappa shape index (κ2) is 9.79. The topological polar surface area (TPSA) is 111 Å². The van der Waals surface area contributed by atoms with Crippen LogP contribution < -0.4 is 0 Å². The van der Waals surface area contributed by atoms with Gasteiger partial charge in [0.25, 0.3) is 0 Å². The van der Waals surface area contributed by atoms with E-state index in [1.165, 1.54) is 0 Å². The summed E-state index contributed by atoms with van der Waals surface area (Å²) in [7, 11) is 3.22.